The molecule has 0 aliphatic rings. The minimum absolute atomic E-state index is 0.0364. The first-order valence-electron chi connectivity index (χ1n) is 3.35. The Balaban J connectivity index is 2.97. The Morgan fingerprint density at radius 1 is 1.58 bits per heavy atom. The summed E-state index contributed by atoms with van der Waals surface area (Å²) >= 11 is 3.24. The summed E-state index contributed by atoms with van der Waals surface area (Å²) in [5.41, 5.74) is 6.70. The summed E-state index contributed by atoms with van der Waals surface area (Å²) in [6, 6.07) is 5.17. The summed E-state index contributed by atoms with van der Waals surface area (Å²) in [6.07, 6.45) is -0.0364. The standard InChI is InChI=1S/C8H8BrNO2/c9-6-1-2-7(10)5(3-6)4-8(11)12/h1-3H,4,10H2,(H,11,12). The molecule has 0 spiro atoms. The summed E-state index contributed by atoms with van der Waals surface area (Å²) in [7, 11) is 0. The van der Waals surface area contributed by atoms with E-state index in [4.69, 9.17) is 10.8 Å². The van der Waals surface area contributed by atoms with Gasteiger partial charge in [-0.25, -0.2) is 0 Å². The summed E-state index contributed by atoms with van der Waals surface area (Å²) in [4.78, 5) is 10.4. The third kappa shape index (κ3) is 2.23. The van der Waals surface area contributed by atoms with Crippen LogP contribution in [0.4, 0.5) is 5.69 Å². The molecule has 3 N–H and O–H groups in total. The van der Waals surface area contributed by atoms with Crippen LogP contribution < -0.4 is 5.73 Å². The van der Waals surface area contributed by atoms with Crippen molar-refractivity contribution < 1.29 is 9.90 Å². The van der Waals surface area contributed by atoms with Gasteiger partial charge in [-0.15, -0.1) is 0 Å². The number of aliphatic carboxylic acids is 1. The van der Waals surface area contributed by atoms with Crippen LogP contribution in [0.1, 0.15) is 5.56 Å². The zero-order valence-electron chi connectivity index (χ0n) is 6.25. The van der Waals surface area contributed by atoms with Gasteiger partial charge in [0.05, 0.1) is 6.42 Å². The molecule has 1 aromatic rings. The third-order valence-electron chi connectivity index (χ3n) is 1.45. The first-order valence-corrected chi connectivity index (χ1v) is 4.14. The Kier molecular flexibility index (Phi) is 2.70. The van der Waals surface area contributed by atoms with E-state index in [1.54, 1.807) is 18.2 Å². The molecule has 0 fully saturated rings. The van der Waals surface area contributed by atoms with Crippen LogP contribution >= 0.6 is 15.9 Å². The quantitative estimate of drug-likeness (QED) is 0.759. The van der Waals surface area contributed by atoms with Gasteiger partial charge >= 0.3 is 5.97 Å². The van der Waals surface area contributed by atoms with E-state index in [-0.39, 0.29) is 6.42 Å². The van der Waals surface area contributed by atoms with Gasteiger partial charge in [-0.05, 0) is 23.8 Å². The number of hydrogen-bond donors (Lipinski definition) is 2. The summed E-state index contributed by atoms with van der Waals surface area (Å²) in [5.74, 6) is -0.875. The predicted molar refractivity (Wildman–Crippen MR) is 49.9 cm³/mol. The van der Waals surface area contributed by atoms with Crippen molar-refractivity contribution in [2.45, 2.75) is 6.42 Å². The van der Waals surface area contributed by atoms with Crippen molar-refractivity contribution >= 4 is 27.6 Å². The van der Waals surface area contributed by atoms with Gasteiger partial charge in [0.1, 0.15) is 0 Å². The molecule has 0 radical (unpaired) electrons. The third-order valence-corrected chi connectivity index (χ3v) is 1.94. The van der Waals surface area contributed by atoms with Gasteiger partial charge in [-0.3, -0.25) is 4.79 Å². The van der Waals surface area contributed by atoms with Gasteiger partial charge in [0, 0.05) is 10.2 Å². The number of carboxylic acids is 1. The van der Waals surface area contributed by atoms with Crippen molar-refractivity contribution in [2.24, 2.45) is 0 Å². The Labute approximate surface area is 78.3 Å². The lowest BCUT2D eigenvalue weighted by Crippen LogP contribution is -2.03. The molecule has 0 atom stereocenters. The highest BCUT2D eigenvalue weighted by atomic mass is 79.9. The second kappa shape index (κ2) is 3.58. The van der Waals surface area contributed by atoms with E-state index in [9.17, 15) is 4.79 Å². The normalized spacial score (nSPS) is 9.75. The minimum atomic E-state index is -0.875. The van der Waals surface area contributed by atoms with E-state index in [1.165, 1.54) is 0 Å². The molecule has 0 saturated carbocycles. The van der Waals surface area contributed by atoms with Gasteiger partial charge in [-0.1, -0.05) is 15.9 Å². The number of benzene rings is 1. The molecule has 0 aromatic heterocycles. The Morgan fingerprint density at radius 3 is 2.83 bits per heavy atom. The number of nitrogen functional groups attached to an aromatic ring is 1. The van der Waals surface area contributed by atoms with E-state index in [1.807, 2.05) is 0 Å². The van der Waals surface area contributed by atoms with E-state index in [0.717, 1.165) is 4.47 Å². The number of halogens is 1. The Morgan fingerprint density at radius 2 is 2.25 bits per heavy atom. The van der Waals surface area contributed by atoms with E-state index in [0.29, 0.717) is 11.3 Å². The van der Waals surface area contributed by atoms with Crippen LogP contribution in [0, 0.1) is 0 Å². The Hall–Kier alpha value is -1.03. The highest BCUT2D eigenvalue weighted by Crippen LogP contribution is 2.18. The van der Waals surface area contributed by atoms with Gasteiger partial charge in [0.15, 0.2) is 0 Å². The maximum atomic E-state index is 10.4. The van der Waals surface area contributed by atoms with E-state index < -0.39 is 5.97 Å². The first-order chi connectivity index (χ1) is 5.59. The minimum Gasteiger partial charge on any atom is -0.481 e. The number of rotatable bonds is 2. The van der Waals surface area contributed by atoms with Crippen LogP contribution in [0.2, 0.25) is 0 Å². The molecule has 0 aliphatic heterocycles. The topological polar surface area (TPSA) is 63.3 Å². The lowest BCUT2D eigenvalue weighted by molar-refractivity contribution is -0.136. The maximum absolute atomic E-state index is 10.4. The van der Waals surface area contributed by atoms with Crippen molar-refractivity contribution in [3.8, 4) is 0 Å². The second-order valence-corrected chi connectivity index (χ2v) is 3.33. The first kappa shape index (κ1) is 9.06. The van der Waals surface area contributed by atoms with Crippen LogP contribution in [0.5, 0.6) is 0 Å². The highest BCUT2D eigenvalue weighted by Gasteiger charge is 2.04. The molecule has 1 rings (SSSR count). The molecular weight excluding hydrogens is 222 g/mol. The number of anilines is 1. The molecule has 1 aromatic carbocycles. The van der Waals surface area contributed by atoms with Gasteiger partial charge in [0.2, 0.25) is 0 Å². The molecule has 0 heterocycles. The molecule has 4 heteroatoms. The molecule has 12 heavy (non-hydrogen) atoms. The van der Waals surface area contributed by atoms with Crippen molar-refractivity contribution in [1.29, 1.82) is 0 Å². The second-order valence-electron chi connectivity index (χ2n) is 2.41. The fraction of sp³-hybridized carbons (Fsp3) is 0.125. The van der Waals surface area contributed by atoms with Crippen LogP contribution in [-0.2, 0) is 11.2 Å². The van der Waals surface area contributed by atoms with Gasteiger partial charge in [0.25, 0.3) is 0 Å². The largest absolute Gasteiger partial charge is 0.481 e. The number of nitrogens with two attached hydrogens (primary N) is 1. The van der Waals surface area contributed by atoms with Gasteiger partial charge < -0.3 is 10.8 Å². The lowest BCUT2D eigenvalue weighted by Gasteiger charge is -2.02. The highest BCUT2D eigenvalue weighted by molar-refractivity contribution is 9.10. The average Bonchev–Trinajstić information content (AvgIpc) is 1.96. The number of carboxylic acid groups (broad SMARTS) is 1. The van der Waals surface area contributed by atoms with Gasteiger partial charge in [-0.2, -0.15) is 0 Å². The molecule has 0 unspecified atom stereocenters. The average molecular weight is 230 g/mol. The number of hydrogen-bond acceptors (Lipinski definition) is 2. The molecule has 0 bridgehead atoms. The summed E-state index contributed by atoms with van der Waals surface area (Å²) < 4.78 is 0.841. The zero-order valence-corrected chi connectivity index (χ0v) is 7.84. The SMILES string of the molecule is Nc1ccc(Br)cc1CC(=O)O. The van der Waals surface area contributed by atoms with E-state index in [2.05, 4.69) is 15.9 Å². The number of carbonyl (C=O) groups is 1. The van der Waals surface area contributed by atoms with Crippen LogP contribution in [0.3, 0.4) is 0 Å². The molecule has 0 saturated heterocycles. The summed E-state index contributed by atoms with van der Waals surface area (Å²) in [6.45, 7) is 0. The van der Waals surface area contributed by atoms with Crippen molar-refractivity contribution in [3.05, 3.63) is 28.2 Å². The fourth-order valence-electron chi connectivity index (χ4n) is 0.890. The Bertz CT molecular complexity index is 312. The van der Waals surface area contributed by atoms with Crippen molar-refractivity contribution in [1.82, 2.24) is 0 Å². The maximum Gasteiger partial charge on any atom is 0.307 e. The van der Waals surface area contributed by atoms with E-state index >= 15 is 0 Å². The molecule has 64 valence electrons. The molecule has 0 aliphatic carbocycles. The molecule has 0 amide bonds. The summed E-state index contributed by atoms with van der Waals surface area (Å²) in [5, 5.41) is 8.51. The lowest BCUT2D eigenvalue weighted by atomic mass is 10.1. The van der Waals surface area contributed by atoms with Crippen molar-refractivity contribution in [2.75, 3.05) is 5.73 Å². The van der Waals surface area contributed by atoms with Crippen LogP contribution in [0.15, 0.2) is 22.7 Å². The monoisotopic (exact) mass is 229 g/mol. The van der Waals surface area contributed by atoms with Crippen LogP contribution in [-0.4, -0.2) is 11.1 Å². The van der Waals surface area contributed by atoms with Crippen molar-refractivity contribution in [3.63, 3.8) is 0 Å². The predicted octanol–water partition coefficient (Wildman–Crippen LogP) is 1.66. The van der Waals surface area contributed by atoms with Crippen LogP contribution in [0.25, 0.3) is 0 Å². The smallest absolute Gasteiger partial charge is 0.307 e. The molecule has 3 nitrogen and oxygen atoms in total. The fourth-order valence-corrected chi connectivity index (χ4v) is 1.30. The zero-order chi connectivity index (χ0) is 9.14. The molecular formula is C8H8BrNO2.